The average Bonchev–Trinajstić information content (AvgIpc) is 2.79. The molecule has 0 bridgehead atoms. The molecule has 0 spiro atoms. The van der Waals surface area contributed by atoms with Crippen molar-refractivity contribution in [2.75, 3.05) is 18.9 Å². The Hall–Kier alpha value is -0.520. The van der Waals surface area contributed by atoms with Crippen LogP contribution in [0.1, 0.15) is 27.0 Å². The summed E-state index contributed by atoms with van der Waals surface area (Å²) in [5.41, 5.74) is 1.33. The third-order valence-corrected chi connectivity index (χ3v) is 5.02. The molecule has 5 heteroatoms. The van der Waals surface area contributed by atoms with Crippen molar-refractivity contribution in [1.29, 1.82) is 0 Å². The quantitative estimate of drug-likeness (QED) is 0.879. The fraction of sp³-hybridized carbons (Fsp3) is 0.583. The van der Waals surface area contributed by atoms with Gasteiger partial charge in [-0.15, -0.1) is 11.3 Å². The third-order valence-electron chi connectivity index (χ3n) is 2.77. The van der Waals surface area contributed by atoms with E-state index in [1.807, 2.05) is 24.8 Å². The maximum atomic E-state index is 11.9. The standard InChI is InChI=1S/C12H17NO2S2/c1-8(6-14)5-13-12(15)11-4-9-7-16-3-2-10(9)17-11/h4,8,14H,2-3,5-7H2,1H3,(H,13,15). The lowest BCUT2D eigenvalue weighted by Crippen LogP contribution is -2.28. The number of rotatable bonds is 4. The summed E-state index contributed by atoms with van der Waals surface area (Å²) in [5, 5.41) is 11.8. The van der Waals surface area contributed by atoms with E-state index in [2.05, 4.69) is 5.32 Å². The van der Waals surface area contributed by atoms with E-state index in [0.29, 0.717) is 6.54 Å². The van der Waals surface area contributed by atoms with E-state index in [1.165, 1.54) is 10.4 Å². The molecule has 1 aromatic heterocycles. The Kier molecular flexibility index (Phi) is 4.48. The summed E-state index contributed by atoms with van der Waals surface area (Å²) in [6.07, 6.45) is 1.09. The number of carbonyl (C=O) groups is 1. The SMILES string of the molecule is CC(CO)CNC(=O)c1cc2c(s1)CCSC2. The first-order valence-electron chi connectivity index (χ1n) is 5.79. The lowest BCUT2D eigenvalue weighted by Gasteiger charge is -2.08. The summed E-state index contributed by atoms with van der Waals surface area (Å²) in [6, 6.07) is 2.02. The maximum absolute atomic E-state index is 11.9. The summed E-state index contributed by atoms with van der Waals surface area (Å²) in [5.74, 6) is 2.31. The van der Waals surface area contributed by atoms with E-state index in [9.17, 15) is 4.79 Å². The van der Waals surface area contributed by atoms with Gasteiger partial charge in [0.25, 0.3) is 5.91 Å². The average molecular weight is 271 g/mol. The van der Waals surface area contributed by atoms with E-state index < -0.39 is 0 Å². The van der Waals surface area contributed by atoms with Crippen LogP contribution in [-0.4, -0.2) is 29.9 Å². The number of thioether (sulfide) groups is 1. The van der Waals surface area contributed by atoms with Gasteiger partial charge in [-0.1, -0.05) is 6.92 Å². The monoisotopic (exact) mass is 271 g/mol. The van der Waals surface area contributed by atoms with Crippen LogP contribution in [0.15, 0.2) is 6.07 Å². The molecule has 1 atom stereocenters. The first kappa shape index (κ1) is 12.9. The molecule has 2 rings (SSSR count). The molecule has 0 fully saturated rings. The van der Waals surface area contributed by atoms with Gasteiger partial charge in [0.05, 0.1) is 4.88 Å². The number of aliphatic hydroxyl groups is 1. The third kappa shape index (κ3) is 3.24. The Labute approximate surface area is 110 Å². The van der Waals surface area contributed by atoms with E-state index >= 15 is 0 Å². The van der Waals surface area contributed by atoms with Gasteiger partial charge in [-0.05, 0) is 29.7 Å². The highest BCUT2D eigenvalue weighted by atomic mass is 32.2. The zero-order valence-electron chi connectivity index (χ0n) is 9.86. The summed E-state index contributed by atoms with van der Waals surface area (Å²) >= 11 is 3.54. The Morgan fingerprint density at radius 1 is 1.65 bits per heavy atom. The second-order valence-electron chi connectivity index (χ2n) is 4.36. The zero-order valence-corrected chi connectivity index (χ0v) is 11.5. The molecule has 1 aliphatic rings. The van der Waals surface area contributed by atoms with E-state index in [0.717, 1.165) is 22.8 Å². The Morgan fingerprint density at radius 3 is 3.18 bits per heavy atom. The van der Waals surface area contributed by atoms with Crippen LogP contribution < -0.4 is 5.32 Å². The largest absolute Gasteiger partial charge is 0.396 e. The van der Waals surface area contributed by atoms with Crippen molar-refractivity contribution in [3.05, 3.63) is 21.4 Å². The van der Waals surface area contributed by atoms with Gasteiger partial charge in [-0.3, -0.25) is 4.79 Å². The molecule has 94 valence electrons. The summed E-state index contributed by atoms with van der Waals surface area (Å²) in [4.78, 5) is 14.1. The molecule has 0 saturated carbocycles. The Bertz CT molecular complexity index is 380. The highest BCUT2D eigenvalue weighted by molar-refractivity contribution is 7.98. The number of carbonyl (C=O) groups excluding carboxylic acids is 1. The van der Waals surface area contributed by atoms with Crippen molar-refractivity contribution in [1.82, 2.24) is 5.32 Å². The van der Waals surface area contributed by atoms with Gasteiger partial charge in [0.2, 0.25) is 0 Å². The molecule has 0 saturated heterocycles. The van der Waals surface area contributed by atoms with Gasteiger partial charge in [0.15, 0.2) is 0 Å². The number of fused-ring (bicyclic) bond motifs is 1. The van der Waals surface area contributed by atoms with Crippen LogP contribution in [-0.2, 0) is 12.2 Å². The van der Waals surface area contributed by atoms with Crippen LogP contribution in [0.3, 0.4) is 0 Å². The molecule has 0 aromatic carbocycles. The van der Waals surface area contributed by atoms with Crippen molar-refractivity contribution in [2.24, 2.45) is 5.92 Å². The molecule has 2 N–H and O–H groups in total. The minimum atomic E-state index is -0.00491. The van der Waals surface area contributed by atoms with Crippen LogP contribution >= 0.6 is 23.1 Å². The molecular formula is C12H17NO2S2. The van der Waals surface area contributed by atoms with E-state index in [1.54, 1.807) is 11.3 Å². The number of nitrogens with one attached hydrogen (secondary N) is 1. The minimum Gasteiger partial charge on any atom is -0.396 e. The van der Waals surface area contributed by atoms with Crippen LogP contribution in [0.4, 0.5) is 0 Å². The first-order chi connectivity index (χ1) is 8.20. The van der Waals surface area contributed by atoms with E-state index in [4.69, 9.17) is 5.11 Å². The summed E-state index contributed by atoms with van der Waals surface area (Å²) in [6.45, 7) is 2.56. The molecular weight excluding hydrogens is 254 g/mol. The van der Waals surface area contributed by atoms with E-state index in [-0.39, 0.29) is 18.4 Å². The Morgan fingerprint density at radius 2 is 2.47 bits per heavy atom. The number of aryl methyl sites for hydroxylation is 1. The van der Waals surface area contributed by atoms with Gasteiger partial charge < -0.3 is 10.4 Å². The van der Waals surface area contributed by atoms with Gasteiger partial charge in [-0.2, -0.15) is 11.8 Å². The summed E-state index contributed by atoms with van der Waals surface area (Å²) in [7, 11) is 0. The molecule has 0 aliphatic carbocycles. The van der Waals surface area contributed by atoms with Crippen LogP contribution in [0.2, 0.25) is 0 Å². The number of hydrogen-bond acceptors (Lipinski definition) is 4. The predicted octanol–water partition coefficient (Wildman–Crippen LogP) is 1.90. The van der Waals surface area contributed by atoms with Crippen molar-refractivity contribution in [2.45, 2.75) is 19.1 Å². The molecule has 0 radical (unpaired) electrons. The molecule has 1 unspecified atom stereocenters. The number of hydrogen-bond donors (Lipinski definition) is 2. The molecule has 3 nitrogen and oxygen atoms in total. The molecule has 2 heterocycles. The minimum absolute atomic E-state index is 0.00491. The van der Waals surface area contributed by atoms with Crippen LogP contribution in [0.5, 0.6) is 0 Å². The molecule has 1 amide bonds. The second kappa shape index (κ2) is 5.89. The number of aliphatic hydroxyl groups excluding tert-OH is 1. The van der Waals surface area contributed by atoms with Gasteiger partial charge in [0.1, 0.15) is 0 Å². The number of amides is 1. The van der Waals surface area contributed by atoms with Crippen molar-refractivity contribution in [3.63, 3.8) is 0 Å². The number of thiophene rings is 1. The Balaban J connectivity index is 1.97. The normalized spacial score (nSPS) is 16.4. The van der Waals surface area contributed by atoms with Crippen molar-refractivity contribution in [3.8, 4) is 0 Å². The van der Waals surface area contributed by atoms with Crippen molar-refractivity contribution < 1.29 is 9.90 Å². The lowest BCUT2D eigenvalue weighted by atomic mass is 10.2. The fourth-order valence-electron chi connectivity index (χ4n) is 1.68. The summed E-state index contributed by atoms with van der Waals surface area (Å²) < 4.78 is 0. The molecule has 1 aromatic rings. The predicted molar refractivity (Wildman–Crippen MR) is 72.8 cm³/mol. The van der Waals surface area contributed by atoms with Crippen LogP contribution in [0.25, 0.3) is 0 Å². The maximum Gasteiger partial charge on any atom is 0.261 e. The molecule has 17 heavy (non-hydrogen) atoms. The lowest BCUT2D eigenvalue weighted by molar-refractivity contribution is 0.0946. The highest BCUT2D eigenvalue weighted by Gasteiger charge is 2.17. The van der Waals surface area contributed by atoms with Crippen molar-refractivity contribution >= 4 is 29.0 Å². The van der Waals surface area contributed by atoms with Crippen LogP contribution in [0, 0.1) is 5.92 Å². The molecule has 1 aliphatic heterocycles. The van der Waals surface area contributed by atoms with Gasteiger partial charge in [-0.25, -0.2) is 0 Å². The van der Waals surface area contributed by atoms with Gasteiger partial charge >= 0.3 is 0 Å². The van der Waals surface area contributed by atoms with Gasteiger partial charge in [0, 0.05) is 23.8 Å². The fourth-order valence-corrected chi connectivity index (χ4v) is 3.97. The highest BCUT2D eigenvalue weighted by Crippen LogP contribution is 2.31. The smallest absolute Gasteiger partial charge is 0.261 e. The first-order valence-corrected chi connectivity index (χ1v) is 7.76. The zero-order chi connectivity index (χ0) is 12.3. The second-order valence-corrected chi connectivity index (χ2v) is 6.60. The topological polar surface area (TPSA) is 49.3 Å².